The van der Waals surface area contributed by atoms with Crippen LogP contribution < -0.4 is 0 Å². The summed E-state index contributed by atoms with van der Waals surface area (Å²) in [5.41, 5.74) is 5.32. The molecule has 23 heavy (non-hydrogen) atoms. The molecule has 0 amide bonds. The van der Waals surface area contributed by atoms with Crippen LogP contribution in [0.3, 0.4) is 0 Å². The molecule has 1 unspecified atom stereocenters. The minimum atomic E-state index is 0.0301. The maximum absolute atomic E-state index is 9.27. The molecule has 0 radical (unpaired) electrons. The Morgan fingerprint density at radius 2 is 1.65 bits per heavy atom. The Morgan fingerprint density at radius 3 is 1.91 bits per heavy atom. The molecule has 0 saturated carbocycles. The average molecular weight is 368 g/mol. The van der Waals surface area contributed by atoms with Gasteiger partial charge in [-0.15, -0.1) is 6.92 Å². The standard InChI is InChI=1S/C10H13ClO.C9H13.CH2.Ti/c1-10(2,3)7-4-8(11)6-9(12)5-7;1-6-5-7(2)9(4)8(6)3;;/h4-6,12H,1-3H3;6H,1-4H3;1H2;/q;-1;;+1. The summed E-state index contributed by atoms with van der Waals surface area (Å²) in [6.45, 7) is 14.9. The minimum absolute atomic E-state index is 0.0301. The molecule has 2 rings (SSSR count). The number of phenolic OH excluding ortho intramolecular Hbond substituents is 1. The summed E-state index contributed by atoms with van der Waals surface area (Å²) in [4.78, 5) is 3.25. The molecule has 3 heteroatoms. The van der Waals surface area contributed by atoms with E-state index in [0.29, 0.717) is 10.9 Å². The van der Waals surface area contributed by atoms with Crippen molar-refractivity contribution >= 4 is 16.4 Å². The van der Waals surface area contributed by atoms with E-state index in [-0.39, 0.29) is 11.2 Å². The summed E-state index contributed by atoms with van der Waals surface area (Å²) in [5.74, 6) is 0.789. The fourth-order valence-corrected chi connectivity index (χ4v) is 2.40. The summed E-state index contributed by atoms with van der Waals surface area (Å²) < 4.78 is 0. The number of rotatable bonds is 0. The van der Waals surface area contributed by atoms with Crippen molar-refractivity contribution < 1.29 is 25.1 Å². The summed E-state index contributed by atoms with van der Waals surface area (Å²) in [5, 5.41) is 9.86. The Labute approximate surface area is 158 Å². The molecular weight excluding hydrogens is 340 g/mol. The van der Waals surface area contributed by atoms with Crippen LogP contribution in [0.5, 0.6) is 5.75 Å². The molecule has 0 spiro atoms. The van der Waals surface area contributed by atoms with Crippen LogP contribution >= 0.6 is 11.6 Å². The van der Waals surface area contributed by atoms with E-state index < -0.39 is 0 Å². The van der Waals surface area contributed by atoms with Crippen molar-refractivity contribution in [2.45, 2.75) is 53.9 Å². The van der Waals surface area contributed by atoms with E-state index in [2.05, 4.69) is 59.4 Å². The Morgan fingerprint density at radius 1 is 1.13 bits per heavy atom. The number of aromatic hydroxyl groups is 1. The number of hydrogen-bond donors (Lipinski definition) is 1. The van der Waals surface area contributed by atoms with Gasteiger partial charge in [-0.05, 0) is 29.2 Å². The Kier molecular flexibility index (Phi) is 9.36. The molecule has 0 aromatic heterocycles. The normalized spacial score (nSPS) is 17.0. The molecule has 1 N–H and O–H groups in total. The SMILES string of the molecule is CC(C)(C)c1cc(O)cc(Cl)c1.CC1=[C-]C(C)C(C)=C1C.[CH2]=[Ti+]. The molecule has 1 aliphatic rings. The molecule has 1 aromatic carbocycles. The predicted octanol–water partition coefficient (Wildman–Crippen LogP) is 6.03. The quantitative estimate of drug-likeness (QED) is 0.438. The maximum atomic E-state index is 9.27. The van der Waals surface area contributed by atoms with Crippen LogP contribution in [0.15, 0.2) is 34.9 Å². The molecule has 0 aliphatic heterocycles. The Hall–Kier alpha value is -0.626. The van der Waals surface area contributed by atoms with E-state index in [0.717, 1.165) is 5.56 Å². The Balaban J connectivity index is 0.000000392. The van der Waals surface area contributed by atoms with Gasteiger partial charge in [-0.2, -0.15) is 11.1 Å². The third kappa shape index (κ3) is 7.20. The molecule has 125 valence electrons. The summed E-state index contributed by atoms with van der Waals surface area (Å²) in [6, 6.07) is 5.16. The van der Waals surface area contributed by atoms with Crippen LogP contribution in [0.4, 0.5) is 0 Å². The molecule has 0 fully saturated rings. The molecule has 0 saturated heterocycles. The zero-order chi connectivity index (χ0) is 18.4. The van der Waals surface area contributed by atoms with Gasteiger partial charge in [0.15, 0.2) is 0 Å². The fraction of sp³-hybridized carbons (Fsp3) is 0.450. The van der Waals surface area contributed by atoms with E-state index in [1.807, 2.05) is 6.07 Å². The van der Waals surface area contributed by atoms with Gasteiger partial charge in [-0.1, -0.05) is 59.1 Å². The fourth-order valence-electron chi connectivity index (χ4n) is 2.17. The van der Waals surface area contributed by atoms with E-state index >= 15 is 0 Å². The molecular formula is C20H28ClOTi. The van der Waals surface area contributed by atoms with Crippen LogP contribution in [0.25, 0.3) is 0 Å². The second kappa shape index (κ2) is 9.62. The number of phenols is 1. The number of allylic oxidation sites excluding steroid dienone is 4. The van der Waals surface area contributed by atoms with Gasteiger partial charge in [0.1, 0.15) is 5.75 Å². The summed E-state index contributed by atoms with van der Waals surface area (Å²) in [6.07, 6.45) is 3.36. The van der Waals surface area contributed by atoms with Gasteiger partial charge in [-0.3, -0.25) is 6.08 Å². The van der Waals surface area contributed by atoms with Crippen molar-refractivity contribution in [2.24, 2.45) is 5.92 Å². The van der Waals surface area contributed by atoms with Gasteiger partial charge >= 0.3 is 24.8 Å². The number of halogens is 1. The first-order valence-corrected chi connectivity index (χ1v) is 9.14. The van der Waals surface area contributed by atoms with Gasteiger partial charge < -0.3 is 5.11 Å². The molecule has 1 aromatic rings. The summed E-state index contributed by atoms with van der Waals surface area (Å²) >= 11 is 7.55. The van der Waals surface area contributed by atoms with Crippen molar-refractivity contribution in [3.63, 3.8) is 0 Å². The first kappa shape index (κ1) is 22.4. The van der Waals surface area contributed by atoms with Crippen molar-refractivity contribution in [1.29, 1.82) is 0 Å². The third-order valence-electron chi connectivity index (χ3n) is 3.99. The molecule has 1 aliphatic carbocycles. The van der Waals surface area contributed by atoms with E-state index in [1.165, 1.54) is 22.8 Å². The van der Waals surface area contributed by atoms with Gasteiger partial charge in [0.05, 0.1) is 0 Å². The van der Waals surface area contributed by atoms with Crippen LogP contribution in [0.2, 0.25) is 5.02 Å². The van der Waals surface area contributed by atoms with Gasteiger partial charge in [0.25, 0.3) is 0 Å². The molecule has 0 bridgehead atoms. The number of hydrogen-bond acceptors (Lipinski definition) is 1. The van der Waals surface area contributed by atoms with Crippen LogP contribution in [-0.2, 0) is 25.4 Å². The van der Waals surface area contributed by atoms with Crippen LogP contribution in [-0.4, -0.2) is 9.92 Å². The van der Waals surface area contributed by atoms with Crippen molar-refractivity contribution in [1.82, 2.24) is 0 Å². The topological polar surface area (TPSA) is 20.2 Å². The Bertz CT molecular complexity index is 574. The van der Waals surface area contributed by atoms with Gasteiger partial charge in [0.2, 0.25) is 0 Å². The second-order valence-electron chi connectivity index (χ2n) is 6.75. The van der Waals surface area contributed by atoms with Crippen molar-refractivity contribution in [2.75, 3.05) is 0 Å². The first-order chi connectivity index (χ1) is 10.5. The van der Waals surface area contributed by atoms with E-state index in [9.17, 15) is 5.11 Å². The van der Waals surface area contributed by atoms with Gasteiger partial charge in [-0.25, -0.2) is 5.57 Å². The van der Waals surface area contributed by atoms with Crippen molar-refractivity contribution in [3.8, 4) is 5.75 Å². The monoisotopic (exact) mass is 367 g/mol. The molecule has 1 atom stereocenters. The third-order valence-corrected chi connectivity index (χ3v) is 4.20. The van der Waals surface area contributed by atoms with Crippen LogP contribution in [0, 0.1) is 12.0 Å². The van der Waals surface area contributed by atoms with Crippen LogP contribution in [0.1, 0.15) is 54.0 Å². The molecule has 1 nitrogen and oxygen atoms in total. The van der Waals surface area contributed by atoms with Gasteiger partial charge in [0, 0.05) is 5.02 Å². The molecule has 0 heterocycles. The zero-order valence-electron chi connectivity index (χ0n) is 15.3. The number of benzene rings is 1. The predicted molar refractivity (Wildman–Crippen MR) is 98.9 cm³/mol. The summed E-state index contributed by atoms with van der Waals surface area (Å²) in [7, 11) is 0. The average Bonchev–Trinajstić information content (AvgIpc) is 2.66. The first-order valence-electron chi connectivity index (χ1n) is 7.65. The van der Waals surface area contributed by atoms with Crippen molar-refractivity contribution in [3.05, 3.63) is 51.6 Å². The van der Waals surface area contributed by atoms with E-state index in [4.69, 9.17) is 11.6 Å². The van der Waals surface area contributed by atoms with E-state index in [1.54, 1.807) is 26.0 Å². The second-order valence-corrected chi connectivity index (χ2v) is 7.18. The zero-order valence-corrected chi connectivity index (χ0v) is 17.7.